The van der Waals surface area contributed by atoms with E-state index in [1.807, 2.05) is 18.2 Å². The van der Waals surface area contributed by atoms with Gasteiger partial charge < -0.3 is 19.9 Å². The summed E-state index contributed by atoms with van der Waals surface area (Å²) in [5.41, 5.74) is -0.0880. The van der Waals surface area contributed by atoms with Crippen LogP contribution in [0.3, 0.4) is 0 Å². The highest BCUT2D eigenvalue weighted by Gasteiger charge is 2.36. The van der Waals surface area contributed by atoms with Crippen molar-refractivity contribution in [2.75, 3.05) is 27.3 Å². The van der Waals surface area contributed by atoms with E-state index in [2.05, 4.69) is 5.32 Å². The van der Waals surface area contributed by atoms with E-state index in [4.69, 9.17) is 9.47 Å². The zero-order valence-electron chi connectivity index (χ0n) is 10.3. The zero-order chi connectivity index (χ0) is 12.3. The Morgan fingerprint density at radius 1 is 1.12 bits per heavy atom. The topological polar surface area (TPSA) is 50.7 Å². The summed E-state index contributed by atoms with van der Waals surface area (Å²) in [7, 11) is 3.23. The number of piperidine rings is 1. The average molecular weight is 237 g/mol. The Balaban J connectivity index is 2.47. The van der Waals surface area contributed by atoms with Gasteiger partial charge >= 0.3 is 0 Å². The molecular formula is C13H19NO3. The standard InChI is InChI=1S/C13H19NO3/c1-16-10-4-3-5-11(17-2)12(10)13(15)6-8-14-9-7-13/h3-5,14-15H,6-9H2,1-2H3. The van der Waals surface area contributed by atoms with Gasteiger partial charge in [0.25, 0.3) is 0 Å². The Labute approximate surface area is 102 Å². The number of benzene rings is 1. The molecule has 0 amide bonds. The van der Waals surface area contributed by atoms with Crippen molar-refractivity contribution in [1.29, 1.82) is 0 Å². The van der Waals surface area contributed by atoms with Gasteiger partial charge in [-0.3, -0.25) is 0 Å². The summed E-state index contributed by atoms with van der Waals surface area (Å²) in [6.07, 6.45) is 1.34. The normalized spacial score (nSPS) is 18.8. The van der Waals surface area contributed by atoms with E-state index in [9.17, 15) is 5.11 Å². The van der Waals surface area contributed by atoms with Gasteiger partial charge in [-0.15, -0.1) is 0 Å². The number of hydrogen-bond donors (Lipinski definition) is 2. The minimum Gasteiger partial charge on any atom is -0.496 e. The molecule has 0 radical (unpaired) electrons. The fourth-order valence-corrected chi connectivity index (χ4v) is 2.40. The first-order valence-electron chi connectivity index (χ1n) is 5.86. The maximum absolute atomic E-state index is 10.8. The van der Waals surface area contributed by atoms with E-state index in [1.54, 1.807) is 14.2 Å². The summed E-state index contributed by atoms with van der Waals surface area (Å²) < 4.78 is 10.7. The first kappa shape index (κ1) is 12.2. The maximum atomic E-state index is 10.8. The molecular weight excluding hydrogens is 218 g/mol. The highest BCUT2D eigenvalue weighted by molar-refractivity contribution is 5.48. The lowest BCUT2D eigenvalue weighted by Gasteiger charge is -2.34. The summed E-state index contributed by atoms with van der Waals surface area (Å²) in [6, 6.07) is 5.58. The maximum Gasteiger partial charge on any atom is 0.128 e. The SMILES string of the molecule is COc1cccc(OC)c1C1(O)CCNCC1. The van der Waals surface area contributed by atoms with Crippen LogP contribution < -0.4 is 14.8 Å². The fourth-order valence-electron chi connectivity index (χ4n) is 2.40. The summed E-state index contributed by atoms with van der Waals surface area (Å²) >= 11 is 0. The van der Waals surface area contributed by atoms with E-state index in [1.165, 1.54) is 0 Å². The predicted molar refractivity (Wildman–Crippen MR) is 65.5 cm³/mol. The van der Waals surface area contributed by atoms with Crippen molar-refractivity contribution in [3.63, 3.8) is 0 Å². The van der Waals surface area contributed by atoms with E-state index < -0.39 is 5.60 Å². The average Bonchev–Trinajstić information content (AvgIpc) is 2.38. The minimum absolute atomic E-state index is 0.670. The van der Waals surface area contributed by atoms with Crippen molar-refractivity contribution in [3.05, 3.63) is 23.8 Å². The Morgan fingerprint density at radius 2 is 1.65 bits per heavy atom. The molecule has 1 fully saturated rings. The molecule has 0 saturated carbocycles. The molecule has 0 bridgehead atoms. The van der Waals surface area contributed by atoms with Crippen molar-refractivity contribution in [3.8, 4) is 11.5 Å². The van der Waals surface area contributed by atoms with Crippen molar-refractivity contribution < 1.29 is 14.6 Å². The molecule has 1 aromatic rings. The monoisotopic (exact) mass is 237 g/mol. The van der Waals surface area contributed by atoms with Gasteiger partial charge in [0.15, 0.2) is 0 Å². The quantitative estimate of drug-likeness (QED) is 0.831. The highest BCUT2D eigenvalue weighted by Crippen LogP contribution is 2.42. The number of aliphatic hydroxyl groups is 1. The van der Waals surface area contributed by atoms with Crippen molar-refractivity contribution in [2.45, 2.75) is 18.4 Å². The molecule has 0 spiro atoms. The molecule has 0 aliphatic carbocycles. The van der Waals surface area contributed by atoms with Gasteiger partial charge in [0.2, 0.25) is 0 Å². The summed E-state index contributed by atoms with van der Waals surface area (Å²) in [4.78, 5) is 0. The van der Waals surface area contributed by atoms with Crippen LogP contribution >= 0.6 is 0 Å². The van der Waals surface area contributed by atoms with E-state index >= 15 is 0 Å². The second-order valence-corrected chi connectivity index (χ2v) is 4.32. The van der Waals surface area contributed by atoms with Crippen LogP contribution in [0.5, 0.6) is 11.5 Å². The zero-order valence-corrected chi connectivity index (χ0v) is 10.3. The number of methoxy groups -OCH3 is 2. The summed E-state index contributed by atoms with van der Waals surface area (Å²) in [5, 5.41) is 14.0. The van der Waals surface area contributed by atoms with Gasteiger partial charge in [-0.25, -0.2) is 0 Å². The lowest BCUT2D eigenvalue weighted by molar-refractivity contribution is 0.00187. The van der Waals surface area contributed by atoms with Crippen LogP contribution in [-0.4, -0.2) is 32.4 Å². The Kier molecular flexibility index (Phi) is 3.54. The molecule has 0 aromatic heterocycles. The van der Waals surface area contributed by atoms with Crippen LogP contribution in [0.25, 0.3) is 0 Å². The minimum atomic E-state index is -0.858. The van der Waals surface area contributed by atoms with Crippen LogP contribution in [0.15, 0.2) is 18.2 Å². The third-order valence-corrected chi connectivity index (χ3v) is 3.32. The molecule has 2 rings (SSSR count). The Bertz CT molecular complexity index is 364. The fraction of sp³-hybridized carbons (Fsp3) is 0.538. The number of nitrogens with one attached hydrogen (secondary N) is 1. The molecule has 4 heteroatoms. The smallest absolute Gasteiger partial charge is 0.128 e. The molecule has 94 valence electrons. The molecule has 0 unspecified atom stereocenters. The third-order valence-electron chi connectivity index (χ3n) is 3.32. The van der Waals surface area contributed by atoms with Crippen LogP contribution in [0.2, 0.25) is 0 Å². The van der Waals surface area contributed by atoms with Gasteiger partial charge in [-0.05, 0) is 38.1 Å². The Morgan fingerprint density at radius 3 is 2.12 bits per heavy atom. The molecule has 1 aliphatic heterocycles. The van der Waals surface area contributed by atoms with Crippen molar-refractivity contribution in [2.24, 2.45) is 0 Å². The molecule has 1 aliphatic rings. The number of hydrogen-bond acceptors (Lipinski definition) is 4. The third kappa shape index (κ3) is 2.23. The molecule has 2 N–H and O–H groups in total. The number of rotatable bonds is 3. The molecule has 1 heterocycles. The first-order chi connectivity index (χ1) is 8.21. The van der Waals surface area contributed by atoms with Gasteiger partial charge in [0.05, 0.1) is 25.4 Å². The molecule has 17 heavy (non-hydrogen) atoms. The van der Waals surface area contributed by atoms with Gasteiger partial charge in [-0.1, -0.05) is 6.07 Å². The Hall–Kier alpha value is -1.26. The van der Waals surface area contributed by atoms with Crippen LogP contribution in [0.4, 0.5) is 0 Å². The van der Waals surface area contributed by atoms with Gasteiger partial charge in [-0.2, -0.15) is 0 Å². The molecule has 4 nitrogen and oxygen atoms in total. The lowest BCUT2D eigenvalue weighted by Crippen LogP contribution is -2.40. The summed E-state index contributed by atoms with van der Waals surface area (Å²) in [6.45, 7) is 1.61. The van der Waals surface area contributed by atoms with Crippen LogP contribution in [0, 0.1) is 0 Å². The van der Waals surface area contributed by atoms with E-state index in [0.717, 1.165) is 18.7 Å². The lowest BCUT2D eigenvalue weighted by atomic mass is 9.84. The van der Waals surface area contributed by atoms with Gasteiger partial charge in [0.1, 0.15) is 11.5 Å². The van der Waals surface area contributed by atoms with Crippen molar-refractivity contribution in [1.82, 2.24) is 5.32 Å². The second-order valence-electron chi connectivity index (χ2n) is 4.32. The van der Waals surface area contributed by atoms with Gasteiger partial charge in [0, 0.05) is 0 Å². The van der Waals surface area contributed by atoms with E-state index in [0.29, 0.717) is 24.3 Å². The molecule has 1 aromatic carbocycles. The van der Waals surface area contributed by atoms with Crippen LogP contribution in [0.1, 0.15) is 18.4 Å². The summed E-state index contributed by atoms with van der Waals surface area (Å²) in [5.74, 6) is 1.38. The van der Waals surface area contributed by atoms with E-state index in [-0.39, 0.29) is 0 Å². The van der Waals surface area contributed by atoms with Crippen molar-refractivity contribution >= 4 is 0 Å². The second kappa shape index (κ2) is 4.94. The van der Waals surface area contributed by atoms with Crippen LogP contribution in [-0.2, 0) is 5.60 Å². The molecule has 1 saturated heterocycles. The molecule has 0 atom stereocenters. The highest BCUT2D eigenvalue weighted by atomic mass is 16.5. The number of ether oxygens (including phenoxy) is 2. The first-order valence-corrected chi connectivity index (χ1v) is 5.86. The largest absolute Gasteiger partial charge is 0.496 e. The predicted octanol–water partition coefficient (Wildman–Crippen LogP) is 1.27.